The van der Waals surface area contributed by atoms with Gasteiger partial charge in [-0.2, -0.15) is 0 Å². The molecule has 3 rings (SSSR count). The van der Waals surface area contributed by atoms with Crippen LogP contribution < -0.4 is 10.6 Å². The van der Waals surface area contributed by atoms with E-state index < -0.39 is 0 Å². The minimum atomic E-state index is -0.102. The molecule has 1 aliphatic carbocycles. The van der Waals surface area contributed by atoms with Crippen LogP contribution >= 0.6 is 0 Å². The number of carbonyl (C=O) groups is 2. The van der Waals surface area contributed by atoms with Crippen LogP contribution in [0.5, 0.6) is 0 Å². The summed E-state index contributed by atoms with van der Waals surface area (Å²) in [6, 6.07) is 7.52. The number of hydrogen-bond acceptors (Lipinski definition) is 3. The number of benzene rings is 1. The summed E-state index contributed by atoms with van der Waals surface area (Å²) in [6.07, 6.45) is 4.48. The van der Waals surface area contributed by atoms with E-state index in [2.05, 4.69) is 22.5 Å². The number of piperidine rings is 1. The number of likely N-dealkylation sites (tertiary alicyclic amines) is 1. The predicted molar refractivity (Wildman–Crippen MR) is 90.4 cm³/mol. The quantitative estimate of drug-likeness (QED) is 0.876. The second kappa shape index (κ2) is 7.13. The van der Waals surface area contributed by atoms with Crippen LogP contribution in [-0.2, 0) is 4.79 Å². The third kappa shape index (κ3) is 4.55. The third-order valence-corrected chi connectivity index (χ3v) is 4.47. The molecule has 1 aliphatic heterocycles. The van der Waals surface area contributed by atoms with Crippen molar-refractivity contribution in [3.8, 4) is 0 Å². The molecule has 5 nitrogen and oxygen atoms in total. The number of rotatable bonds is 5. The van der Waals surface area contributed by atoms with E-state index in [-0.39, 0.29) is 11.8 Å². The van der Waals surface area contributed by atoms with Gasteiger partial charge in [-0.05, 0) is 50.3 Å². The first-order valence-electron chi connectivity index (χ1n) is 8.54. The molecule has 1 saturated carbocycles. The fourth-order valence-corrected chi connectivity index (χ4v) is 3.10. The Morgan fingerprint density at radius 3 is 2.74 bits per heavy atom. The number of amides is 2. The Hall–Kier alpha value is -1.88. The van der Waals surface area contributed by atoms with Gasteiger partial charge in [0.2, 0.25) is 5.91 Å². The average Bonchev–Trinajstić information content (AvgIpc) is 3.31. The van der Waals surface area contributed by atoms with Crippen LogP contribution in [0.15, 0.2) is 24.3 Å². The van der Waals surface area contributed by atoms with Gasteiger partial charge in [-0.1, -0.05) is 19.1 Å². The fraction of sp³-hybridized carbons (Fsp3) is 0.556. The second-order valence-corrected chi connectivity index (χ2v) is 6.82. The minimum absolute atomic E-state index is 0.0502. The molecule has 0 aromatic heterocycles. The molecule has 1 aromatic carbocycles. The van der Waals surface area contributed by atoms with Crippen LogP contribution in [-0.4, -0.2) is 42.4 Å². The van der Waals surface area contributed by atoms with Crippen molar-refractivity contribution in [2.45, 2.75) is 38.6 Å². The minimum Gasteiger partial charge on any atom is -0.349 e. The Morgan fingerprint density at radius 2 is 2.00 bits per heavy atom. The molecular formula is C18H25N3O2. The third-order valence-electron chi connectivity index (χ3n) is 4.47. The number of nitrogens with zero attached hydrogens (tertiary/aromatic N) is 1. The summed E-state index contributed by atoms with van der Waals surface area (Å²) >= 11 is 0. The normalized spacial score (nSPS) is 21.7. The molecule has 1 aromatic rings. The van der Waals surface area contributed by atoms with Gasteiger partial charge < -0.3 is 10.6 Å². The highest BCUT2D eigenvalue weighted by Crippen LogP contribution is 2.22. The highest BCUT2D eigenvalue weighted by atomic mass is 16.2. The van der Waals surface area contributed by atoms with Crippen LogP contribution in [0.3, 0.4) is 0 Å². The highest BCUT2D eigenvalue weighted by molar-refractivity contribution is 6.04. The summed E-state index contributed by atoms with van der Waals surface area (Å²) < 4.78 is 0. The molecule has 5 heteroatoms. The Bertz CT molecular complexity index is 583. The Kier molecular flexibility index (Phi) is 4.96. The fourth-order valence-electron chi connectivity index (χ4n) is 3.10. The maximum atomic E-state index is 12.3. The van der Waals surface area contributed by atoms with E-state index in [0.29, 0.717) is 29.8 Å². The number of nitrogens with one attached hydrogen (secondary N) is 2. The monoisotopic (exact) mass is 315 g/mol. The second-order valence-electron chi connectivity index (χ2n) is 6.82. The molecule has 2 amide bonds. The molecule has 1 heterocycles. The number of para-hydroxylation sites is 1. The van der Waals surface area contributed by atoms with Crippen LogP contribution in [0.4, 0.5) is 5.69 Å². The van der Waals surface area contributed by atoms with Gasteiger partial charge in [0, 0.05) is 12.6 Å². The van der Waals surface area contributed by atoms with Gasteiger partial charge in [0.05, 0.1) is 17.8 Å². The molecule has 124 valence electrons. The molecule has 1 unspecified atom stereocenters. The van der Waals surface area contributed by atoms with Gasteiger partial charge in [0.15, 0.2) is 0 Å². The van der Waals surface area contributed by atoms with E-state index in [9.17, 15) is 9.59 Å². The van der Waals surface area contributed by atoms with Gasteiger partial charge in [0.25, 0.3) is 5.91 Å². The lowest BCUT2D eigenvalue weighted by molar-refractivity contribution is -0.117. The van der Waals surface area contributed by atoms with Crippen LogP contribution in [0, 0.1) is 5.92 Å². The first-order valence-corrected chi connectivity index (χ1v) is 8.54. The number of anilines is 1. The van der Waals surface area contributed by atoms with E-state index in [0.717, 1.165) is 32.4 Å². The van der Waals surface area contributed by atoms with Gasteiger partial charge in [0.1, 0.15) is 0 Å². The summed E-state index contributed by atoms with van der Waals surface area (Å²) in [4.78, 5) is 26.8. The molecule has 1 atom stereocenters. The zero-order chi connectivity index (χ0) is 16.2. The molecule has 2 fully saturated rings. The lowest BCUT2D eigenvalue weighted by Crippen LogP contribution is -2.40. The summed E-state index contributed by atoms with van der Waals surface area (Å²) in [5.74, 6) is 0.494. The molecule has 23 heavy (non-hydrogen) atoms. The van der Waals surface area contributed by atoms with Crippen LogP contribution in [0.25, 0.3) is 0 Å². The van der Waals surface area contributed by atoms with Gasteiger partial charge in [-0.25, -0.2) is 0 Å². The summed E-state index contributed by atoms with van der Waals surface area (Å²) in [7, 11) is 0. The summed E-state index contributed by atoms with van der Waals surface area (Å²) in [5, 5.41) is 5.88. The maximum absolute atomic E-state index is 12.3. The molecule has 0 radical (unpaired) electrons. The standard InChI is InChI=1S/C18H25N3O2/c1-13-5-4-10-21(11-13)12-17(22)20-16-7-3-2-6-15(16)18(23)19-14-8-9-14/h2-3,6-7,13-14H,4-5,8-12H2,1H3,(H,19,23)(H,20,22). The van der Waals surface area contributed by atoms with E-state index >= 15 is 0 Å². The lowest BCUT2D eigenvalue weighted by atomic mass is 10.0. The molecule has 2 N–H and O–H groups in total. The van der Waals surface area contributed by atoms with Crippen molar-refractivity contribution in [3.05, 3.63) is 29.8 Å². The van der Waals surface area contributed by atoms with Crippen molar-refractivity contribution in [2.75, 3.05) is 25.0 Å². The lowest BCUT2D eigenvalue weighted by Gasteiger charge is -2.30. The molecule has 1 saturated heterocycles. The highest BCUT2D eigenvalue weighted by Gasteiger charge is 2.25. The van der Waals surface area contributed by atoms with Gasteiger partial charge in [-0.15, -0.1) is 0 Å². The van der Waals surface area contributed by atoms with E-state index in [1.54, 1.807) is 12.1 Å². The molecular weight excluding hydrogens is 290 g/mol. The maximum Gasteiger partial charge on any atom is 0.253 e. The predicted octanol–water partition coefficient (Wildman–Crippen LogP) is 2.25. The number of carbonyl (C=O) groups excluding carboxylic acids is 2. The van der Waals surface area contributed by atoms with Crippen molar-refractivity contribution in [1.82, 2.24) is 10.2 Å². The average molecular weight is 315 g/mol. The molecule has 0 bridgehead atoms. The van der Waals surface area contributed by atoms with E-state index in [4.69, 9.17) is 0 Å². The van der Waals surface area contributed by atoms with Gasteiger partial charge in [-0.3, -0.25) is 14.5 Å². The zero-order valence-electron chi connectivity index (χ0n) is 13.7. The van der Waals surface area contributed by atoms with Crippen molar-refractivity contribution in [2.24, 2.45) is 5.92 Å². The SMILES string of the molecule is CC1CCCN(CC(=O)Nc2ccccc2C(=O)NC2CC2)C1. The van der Waals surface area contributed by atoms with E-state index in [1.165, 1.54) is 6.42 Å². The van der Waals surface area contributed by atoms with Crippen molar-refractivity contribution in [1.29, 1.82) is 0 Å². The van der Waals surface area contributed by atoms with Crippen molar-refractivity contribution in [3.63, 3.8) is 0 Å². The largest absolute Gasteiger partial charge is 0.349 e. The van der Waals surface area contributed by atoms with Crippen LogP contribution in [0.2, 0.25) is 0 Å². The Labute approximate surface area is 137 Å². The summed E-state index contributed by atoms with van der Waals surface area (Å²) in [5.41, 5.74) is 1.14. The zero-order valence-corrected chi connectivity index (χ0v) is 13.7. The smallest absolute Gasteiger partial charge is 0.253 e. The topological polar surface area (TPSA) is 61.4 Å². The van der Waals surface area contributed by atoms with Crippen molar-refractivity contribution < 1.29 is 9.59 Å². The first kappa shape index (κ1) is 16.0. The molecule has 0 spiro atoms. The van der Waals surface area contributed by atoms with Crippen LogP contribution in [0.1, 0.15) is 43.0 Å². The Morgan fingerprint density at radius 1 is 1.22 bits per heavy atom. The molecule has 2 aliphatic rings. The summed E-state index contributed by atoms with van der Waals surface area (Å²) in [6.45, 7) is 4.56. The van der Waals surface area contributed by atoms with Gasteiger partial charge >= 0.3 is 0 Å². The first-order chi connectivity index (χ1) is 11.1. The Balaban J connectivity index is 1.60. The van der Waals surface area contributed by atoms with Crippen molar-refractivity contribution >= 4 is 17.5 Å². The van der Waals surface area contributed by atoms with E-state index in [1.807, 2.05) is 12.1 Å². The number of hydrogen-bond donors (Lipinski definition) is 2.